The van der Waals surface area contributed by atoms with Gasteiger partial charge in [0, 0.05) is 16.7 Å². The van der Waals surface area contributed by atoms with Crippen LogP contribution in [-0.4, -0.2) is 19.2 Å². The number of ether oxygens (including phenoxy) is 2. The van der Waals surface area contributed by atoms with Crippen LogP contribution in [0.2, 0.25) is 0 Å². The second-order valence-corrected chi connectivity index (χ2v) is 7.07. The molecule has 30 heavy (non-hydrogen) atoms. The molecule has 2 aromatic rings. The Bertz CT molecular complexity index is 946. The van der Waals surface area contributed by atoms with Crippen molar-refractivity contribution >= 4 is 5.97 Å². The number of unbranched alkanes of at least 4 members (excludes halogenated alkanes) is 3. The Labute approximate surface area is 180 Å². The van der Waals surface area contributed by atoms with Gasteiger partial charge in [0.2, 0.25) is 0 Å². The maximum Gasteiger partial charge on any atom is 0.333 e. The molecule has 0 aliphatic heterocycles. The van der Waals surface area contributed by atoms with Crippen LogP contribution in [0.3, 0.4) is 0 Å². The number of benzene rings is 2. The molecule has 0 amide bonds. The smallest absolute Gasteiger partial charge is 0.333 e. The van der Waals surface area contributed by atoms with Crippen LogP contribution < -0.4 is 4.74 Å². The second-order valence-electron chi connectivity index (χ2n) is 7.07. The van der Waals surface area contributed by atoms with E-state index in [9.17, 15) is 4.79 Å². The van der Waals surface area contributed by atoms with E-state index in [1.165, 1.54) is 5.56 Å². The Balaban J connectivity index is 1.63. The van der Waals surface area contributed by atoms with Gasteiger partial charge in [-0.25, -0.2) is 4.79 Å². The number of esters is 1. The van der Waals surface area contributed by atoms with Gasteiger partial charge in [0.25, 0.3) is 0 Å². The Morgan fingerprint density at radius 1 is 0.833 bits per heavy atom. The van der Waals surface area contributed by atoms with Crippen LogP contribution in [0.5, 0.6) is 5.75 Å². The Morgan fingerprint density at radius 3 is 1.93 bits per heavy atom. The van der Waals surface area contributed by atoms with Crippen molar-refractivity contribution in [3.8, 4) is 29.4 Å². The fourth-order valence-corrected chi connectivity index (χ4v) is 2.51. The third kappa shape index (κ3) is 9.18. The topological polar surface area (TPSA) is 35.5 Å². The van der Waals surface area contributed by atoms with Crippen LogP contribution in [0.25, 0.3) is 0 Å². The molecule has 0 aliphatic carbocycles. The first-order chi connectivity index (χ1) is 14.5. The van der Waals surface area contributed by atoms with Gasteiger partial charge in [0.1, 0.15) is 5.75 Å². The highest BCUT2D eigenvalue weighted by Crippen LogP contribution is 2.12. The fraction of sp³-hybridized carbons (Fsp3) is 0.296. The molecule has 0 aliphatic rings. The van der Waals surface area contributed by atoms with E-state index in [0.717, 1.165) is 42.6 Å². The van der Waals surface area contributed by atoms with E-state index in [4.69, 9.17) is 9.47 Å². The maximum absolute atomic E-state index is 11.2. The van der Waals surface area contributed by atoms with Crippen LogP contribution in [0.1, 0.15) is 49.3 Å². The number of hydrogen-bond acceptors (Lipinski definition) is 3. The van der Waals surface area contributed by atoms with Crippen molar-refractivity contribution in [1.82, 2.24) is 0 Å². The predicted molar refractivity (Wildman–Crippen MR) is 121 cm³/mol. The lowest BCUT2D eigenvalue weighted by molar-refractivity contribution is -0.139. The normalized spacial score (nSPS) is 9.53. The molecule has 3 heteroatoms. The quantitative estimate of drug-likeness (QED) is 0.243. The van der Waals surface area contributed by atoms with Crippen molar-refractivity contribution in [2.45, 2.75) is 39.5 Å². The minimum Gasteiger partial charge on any atom is -0.494 e. The van der Waals surface area contributed by atoms with Gasteiger partial charge in [-0.05, 0) is 87.8 Å². The molecular formula is C27H28O3. The molecule has 0 saturated heterocycles. The van der Waals surface area contributed by atoms with Gasteiger partial charge in [0.15, 0.2) is 0 Å². The summed E-state index contributed by atoms with van der Waals surface area (Å²) in [4.78, 5) is 11.2. The van der Waals surface area contributed by atoms with Gasteiger partial charge in [0.05, 0.1) is 13.2 Å². The summed E-state index contributed by atoms with van der Waals surface area (Å²) in [7, 11) is 0. The molecule has 0 radical (unpaired) electrons. The number of carbonyl (C=O) groups is 1. The van der Waals surface area contributed by atoms with E-state index in [1.807, 2.05) is 48.5 Å². The van der Waals surface area contributed by atoms with E-state index in [1.54, 1.807) is 6.92 Å². The average molecular weight is 401 g/mol. The van der Waals surface area contributed by atoms with Crippen LogP contribution >= 0.6 is 0 Å². The van der Waals surface area contributed by atoms with Crippen LogP contribution in [0, 0.1) is 30.6 Å². The summed E-state index contributed by atoms with van der Waals surface area (Å²) in [6.45, 7) is 8.38. The fourth-order valence-electron chi connectivity index (χ4n) is 2.51. The zero-order valence-electron chi connectivity index (χ0n) is 17.8. The molecule has 0 saturated carbocycles. The van der Waals surface area contributed by atoms with Crippen LogP contribution in [0.4, 0.5) is 0 Å². The molecule has 0 N–H and O–H groups in total. The SMILES string of the molecule is C=C(C)C(=O)OCCCCCCOc1ccc(C#CC#Cc2ccc(C)cc2)cc1. The first-order valence-corrected chi connectivity index (χ1v) is 10.2. The molecular weight excluding hydrogens is 372 g/mol. The van der Waals surface area contributed by atoms with Crippen molar-refractivity contribution in [2.24, 2.45) is 0 Å². The third-order valence-corrected chi connectivity index (χ3v) is 4.27. The minimum atomic E-state index is -0.315. The molecule has 3 nitrogen and oxygen atoms in total. The summed E-state index contributed by atoms with van der Waals surface area (Å²) in [5, 5.41) is 0. The molecule has 0 aromatic heterocycles. The van der Waals surface area contributed by atoms with Gasteiger partial charge >= 0.3 is 5.97 Å². The number of hydrogen-bond donors (Lipinski definition) is 0. The van der Waals surface area contributed by atoms with E-state index in [0.29, 0.717) is 18.8 Å². The van der Waals surface area contributed by atoms with Gasteiger partial charge < -0.3 is 9.47 Å². The van der Waals surface area contributed by atoms with Gasteiger partial charge in [-0.3, -0.25) is 0 Å². The molecule has 2 aromatic carbocycles. The van der Waals surface area contributed by atoms with Gasteiger partial charge in [-0.1, -0.05) is 36.1 Å². The summed E-state index contributed by atoms with van der Waals surface area (Å²) in [6, 6.07) is 15.8. The van der Waals surface area contributed by atoms with Crippen molar-refractivity contribution in [2.75, 3.05) is 13.2 Å². The van der Waals surface area contributed by atoms with Crippen molar-refractivity contribution in [1.29, 1.82) is 0 Å². The summed E-state index contributed by atoms with van der Waals surface area (Å²) in [6.07, 6.45) is 3.86. The van der Waals surface area contributed by atoms with Gasteiger partial charge in [-0.15, -0.1) is 0 Å². The highest BCUT2D eigenvalue weighted by molar-refractivity contribution is 5.86. The summed E-state index contributed by atoms with van der Waals surface area (Å²) in [5.41, 5.74) is 3.53. The minimum absolute atomic E-state index is 0.315. The highest BCUT2D eigenvalue weighted by atomic mass is 16.5. The molecule has 2 rings (SSSR count). The lowest BCUT2D eigenvalue weighted by Gasteiger charge is -2.06. The lowest BCUT2D eigenvalue weighted by atomic mass is 10.1. The summed E-state index contributed by atoms with van der Waals surface area (Å²) < 4.78 is 10.8. The van der Waals surface area contributed by atoms with Crippen molar-refractivity contribution in [3.05, 3.63) is 77.4 Å². The maximum atomic E-state index is 11.2. The van der Waals surface area contributed by atoms with E-state index < -0.39 is 0 Å². The number of aryl methyl sites for hydroxylation is 1. The highest BCUT2D eigenvalue weighted by Gasteiger charge is 2.01. The Kier molecular flexibility index (Phi) is 9.84. The number of rotatable bonds is 9. The van der Waals surface area contributed by atoms with Crippen LogP contribution in [-0.2, 0) is 9.53 Å². The lowest BCUT2D eigenvalue weighted by Crippen LogP contribution is -2.06. The van der Waals surface area contributed by atoms with Crippen molar-refractivity contribution in [3.63, 3.8) is 0 Å². The molecule has 154 valence electrons. The first-order valence-electron chi connectivity index (χ1n) is 10.2. The second kappa shape index (κ2) is 12.9. The molecule has 0 heterocycles. The molecule has 0 atom stereocenters. The molecule has 0 fully saturated rings. The largest absolute Gasteiger partial charge is 0.494 e. The van der Waals surface area contributed by atoms with E-state index in [-0.39, 0.29) is 5.97 Å². The van der Waals surface area contributed by atoms with E-state index >= 15 is 0 Å². The van der Waals surface area contributed by atoms with Gasteiger partial charge in [-0.2, -0.15) is 0 Å². The molecule has 0 unspecified atom stereocenters. The molecule has 0 bridgehead atoms. The van der Waals surface area contributed by atoms with Crippen LogP contribution in [0.15, 0.2) is 60.7 Å². The summed E-state index contributed by atoms with van der Waals surface area (Å²) >= 11 is 0. The third-order valence-electron chi connectivity index (χ3n) is 4.27. The molecule has 0 spiro atoms. The van der Waals surface area contributed by atoms with E-state index in [2.05, 4.69) is 37.2 Å². The number of carbonyl (C=O) groups excluding carboxylic acids is 1. The Hall–Kier alpha value is -3.43. The first kappa shape index (κ1) is 22.9. The van der Waals surface area contributed by atoms with Crippen molar-refractivity contribution < 1.29 is 14.3 Å². The zero-order chi connectivity index (χ0) is 21.6. The zero-order valence-corrected chi connectivity index (χ0v) is 17.8. The predicted octanol–water partition coefficient (Wildman–Crippen LogP) is 5.46. The summed E-state index contributed by atoms with van der Waals surface area (Å²) in [5.74, 6) is 12.4. The monoisotopic (exact) mass is 400 g/mol. The average Bonchev–Trinajstić information content (AvgIpc) is 2.75. The Morgan fingerprint density at radius 2 is 1.37 bits per heavy atom. The standard InChI is InChI=1S/C27H28O3/c1-22(2)27(28)30-21-9-5-4-8-20-29-26-18-16-25(17-19-26)11-7-6-10-24-14-12-23(3)13-15-24/h12-19H,1,4-5,8-9,20-21H2,2-3H3.